The van der Waals surface area contributed by atoms with Crippen molar-refractivity contribution in [3.05, 3.63) is 40.9 Å². The Hall–Kier alpha value is -1.82. The molecule has 0 unspecified atom stereocenters. The van der Waals surface area contributed by atoms with Gasteiger partial charge in [-0.1, -0.05) is 30.9 Å². The zero-order valence-corrected chi connectivity index (χ0v) is 12.7. The van der Waals surface area contributed by atoms with E-state index in [0.29, 0.717) is 11.1 Å². The van der Waals surface area contributed by atoms with Crippen molar-refractivity contribution in [3.63, 3.8) is 0 Å². The lowest BCUT2D eigenvalue weighted by Gasteiger charge is -1.98. The molecular formula is C16H18N2OS. The second-order valence-electron chi connectivity index (χ2n) is 4.16. The van der Waals surface area contributed by atoms with E-state index in [-0.39, 0.29) is 11.5 Å². The maximum Gasteiger partial charge on any atom is 0.336 e. The normalized spacial score (nSPS) is 9.30. The summed E-state index contributed by atoms with van der Waals surface area (Å²) < 4.78 is 0. The molecule has 1 aromatic carbocycles. The third kappa shape index (κ3) is 5.05. The SMILES string of the molecule is CCSCCCC#Cc1ccccc1C(=O)C(C)=[N+]=[N-]. The number of hydrogen-bond donors (Lipinski definition) is 0. The standard InChI is InChI=1S/C16H18N2OS/c1-3-20-12-8-4-5-9-14-10-6-7-11-15(14)16(19)13(2)18-17/h6-7,10-11H,3-4,8,12H2,1-2H3. The number of Topliss-reactive ketones (excluding diaryl/α,β-unsaturated/α-hetero) is 1. The van der Waals surface area contributed by atoms with E-state index < -0.39 is 0 Å². The minimum atomic E-state index is -0.293. The number of nitrogens with zero attached hydrogens (tertiary/aromatic N) is 2. The smallest absolute Gasteiger partial charge is 0.336 e. The van der Waals surface area contributed by atoms with Gasteiger partial charge in [0.1, 0.15) is 0 Å². The lowest BCUT2D eigenvalue weighted by Crippen LogP contribution is -2.12. The van der Waals surface area contributed by atoms with E-state index in [1.165, 1.54) is 6.92 Å². The van der Waals surface area contributed by atoms with E-state index in [4.69, 9.17) is 5.53 Å². The van der Waals surface area contributed by atoms with Crippen molar-refractivity contribution in [2.75, 3.05) is 11.5 Å². The average molecular weight is 286 g/mol. The highest BCUT2D eigenvalue weighted by Crippen LogP contribution is 2.09. The highest BCUT2D eigenvalue weighted by Gasteiger charge is 2.18. The van der Waals surface area contributed by atoms with Crippen LogP contribution >= 0.6 is 11.8 Å². The summed E-state index contributed by atoms with van der Waals surface area (Å²) in [4.78, 5) is 15.0. The minimum Gasteiger partial charge on any atom is -0.361 e. The van der Waals surface area contributed by atoms with Crippen LogP contribution < -0.4 is 0 Å². The van der Waals surface area contributed by atoms with Crippen molar-refractivity contribution >= 4 is 23.3 Å². The molecule has 0 heterocycles. The number of benzene rings is 1. The van der Waals surface area contributed by atoms with Crippen LogP contribution in [-0.4, -0.2) is 27.8 Å². The molecule has 0 fully saturated rings. The Kier molecular flexibility index (Phi) is 7.42. The molecule has 3 nitrogen and oxygen atoms in total. The molecule has 1 rings (SSSR count). The van der Waals surface area contributed by atoms with E-state index in [1.54, 1.807) is 12.1 Å². The molecule has 0 spiro atoms. The lowest BCUT2D eigenvalue weighted by molar-refractivity contribution is -0.00678. The largest absolute Gasteiger partial charge is 0.361 e. The van der Waals surface area contributed by atoms with Crippen LogP contribution in [0.15, 0.2) is 24.3 Å². The Labute approximate surface area is 124 Å². The van der Waals surface area contributed by atoms with Gasteiger partial charge in [0.15, 0.2) is 0 Å². The number of unbranched alkanes of at least 4 members (excludes halogenated alkanes) is 1. The zero-order valence-electron chi connectivity index (χ0n) is 11.8. The molecule has 0 bridgehead atoms. The van der Waals surface area contributed by atoms with Gasteiger partial charge in [0.2, 0.25) is 0 Å². The van der Waals surface area contributed by atoms with Crippen LogP contribution in [0.4, 0.5) is 0 Å². The van der Waals surface area contributed by atoms with E-state index in [1.807, 2.05) is 23.9 Å². The fraction of sp³-hybridized carbons (Fsp3) is 0.375. The van der Waals surface area contributed by atoms with Gasteiger partial charge in [-0.05, 0) is 30.1 Å². The highest BCUT2D eigenvalue weighted by molar-refractivity contribution is 7.99. The van der Waals surface area contributed by atoms with Crippen LogP contribution in [0.2, 0.25) is 0 Å². The fourth-order valence-electron chi connectivity index (χ4n) is 1.60. The molecule has 0 N–H and O–H groups in total. The number of ketones is 1. The molecular weight excluding hydrogens is 268 g/mol. The fourth-order valence-corrected chi connectivity index (χ4v) is 2.23. The molecule has 0 radical (unpaired) electrons. The summed E-state index contributed by atoms with van der Waals surface area (Å²) in [6, 6.07) is 7.14. The topological polar surface area (TPSA) is 53.5 Å². The second kappa shape index (κ2) is 9.14. The Morgan fingerprint density at radius 2 is 2.15 bits per heavy atom. The summed E-state index contributed by atoms with van der Waals surface area (Å²) in [6.45, 7) is 3.62. The monoisotopic (exact) mass is 286 g/mol. The van der Waals surface area contributed by atoms with Crippen molar-refractivity contribution in [3.8, 4) is 11.8 Å². The molecule has 0 saturated heterocycles. The summed E-state index contributed by atoms with van der Waals surface area (Å²) in [5.74, 6) is 8.08. The van der Waals surface area contributed by atoms with E-state index >= 15 is 0 Å². The molecule has 0 atom stereocenters. The van der Waals surface area contributed by atoms with Gasteiger partial charge in [-0.2, -0.15) is 16.6 Å². The van der Waals surface area contributed by atoms with Gasteiger partial charge in [0.05, 0.1) is 0 Å². The van der Waals surface area contributed by atoms with Crippen LogP contribution in [0.5, 0.6) is 0 Å². The lowest BCUT2D eigenvalue weighted by atomic mass is 10.0. The maximum absolute atomic E-state index is 12.0. The molecule has 1 aromatic rings. The predicted octanol–water partition coefficient (Wildman–Crippen LogP) is 3.44. The van der Waals surface area contributed by atoms with Crippen molar-refractivity contribution < 1.29 is 9.58 Å². The zero-order chi connectivity index (χ0) is 14.8. The third-order valence-corrected chi connectivity index (χ3v) is 3.65. The van der Waals surface area contributed by atoms with E-state index in [2.05, 4.69) is 23.6 Å². The summed E-state index contributed by atoms with van der Waals surface area (Å²) >= 11 is 1.90. The average Bonchev–Trinajstić information content (AvgIpc) is 2.49. The summed E-state index contributed by atoms with van der Waals surface area (Å²) in [5.41, 5.74) is 9.92. The van der Waals surface area contributed by atoms with Gasteiger partial charge < -0.3 is 5.53 Å². The van der Waals surface area contributed by atoms with E-state index in [9.17, 15) is 4.79 Å². The van der Waals surface area contributed by atoms with Crippen LogP contribution in [0.3, 0.4) is 0 Å². The Morgan fingerprint density at radius 3 is 2.85 bits per heavy atom. The predicted molar refractivity (Wildman–Crippen MR) is 84.2 cm³/mol. The summed E-state index contributed by atoms with van der Waals surface area (Å²) in [7, 11) is 0. The van der Waals surface area contributed by atoms with Crippen LogP contribution in [0.1, 0.15) is 42.6 Å². The minimum absolute atomic E-state index is 0.0681. The molecule has 20 heavy (non-hydrogen) atoms. The van der Waals surface area contributed by atoms with Crippen molar-refractivity contribution in [2.45, 2.75) is 26.7 Å². The number of carbonyl (C=O) groups excluding carboxylic acids is 1. The van der Waals surface area contributed by atoms with Crippen LogP contribution in [0.25, 0.3) is 5.53 Å². The first-order valence-electron chi connectivity index (χ1n) is 6.59. The van der Waals surface area contributed by atoms with Crippen LogP contribution in [-0.2, 0) is 0 Å². The Bertz CT molecular complexity index is 578. The maximum atomic E-state index is 12.0. The van der Waals surface area contributed by atoms with E-state index in [0.717, 1.165) is 24.3 Å². The molecule has 0 amide bonds. The molecule has 4 heteroatoms. The van der Waals surface area contributed by atoms with Crippen molar-refractivity contribution in [2.24, 2.45) is 0 Å². The first kappa shape index (κ1) is 16.2. The molecule has 0 saturated carbocycles. The van der Waals surface area contributed by atoms with Gasteiger partial charge in [-0.3, -0.25) is 4.79 Å². The van der Waals surface area contributed by atoms with Crippen LogP contribution in [0, 0.1) is 11.8 Å². The van der Waals surface area contributed by atoms with Gasteiger partial charge in [-0.25, -0.2) is 0 Å². The summed E-state index contributed by atoms with van der Waals surface area (Å²) in [5, 5.41) is 0. The summed E-state index contributed by atoms with van der Waals surface area (Å²) in [6.07, 6.45) is 1.88. The highest BCUT2D eigenvalue weighted by atomic mass is 32.2. The van der Waals surface area contributed by atoms with Crippen molar-refractivity contribution in [1.29, 1.82) is 0 Å². The Morgan fingerprint density at radius 1 is 1.40 bits per heavy atom. The van der Waals surface area contributed by atoms with Crippen molar-refractivity contribution in [1.82, 2.24) is 0 Å². The quantitative estimate of drug-likeness (QED) is 0.201. The Balaban J connectivity index is 2.79. The molecule has 0 aliphatic heterocycles. The van der Waals surface area contributed by atoms with Gasteiger partial charge in [-0.15, -0.1) is 0 Å². The molecule has 104 valence electrons. The number of rotatable bonds is 6. The number of carbonyl (C=O) groups is 1. The number of hydrogen-bond acceptors (Lipinski definition) is 2. The second-order valence-corrected chi connectivity index (χ2v) is 5.56. The first-order valence-corrected chi connectivity index (χ1v) is 7.75. The van der Waals surface area contributed by atoms with Gasteiger partial charge in [0, 0.05) is 24.5 Å². The first-order chi connectivity index (χ1) is 9.70. The number of thioether (sulfide) groups is 1. The van der Waals surface area contributed by atoms with Gasteiger partial charge in [0.25, 0.3) is 5.78 Å². The van der Waals surface area contributed by atoms with Gasteiger partial charge >= 0.3 is 5.71 Å². The molecule has 0 aliphatic rings. The molecule has 0 aromatic heterocycles. The third-order valence-electron chi connectivity index (χ3n) is 2.67. The molecule has 0 aliphatic carbocycles.